The van der Waals surface area contributed by atoms with Crippen molar-refractivity contribution in [3.05, 3.63) is 71.1 Å². The molecule has 1 atom stereocenters. The van der Waals surface area contributed by atoms with Gasteiger partial charge in [0.15, 0.2) is 17.3 Å². The molecule has 0 aliphatic heterocycles. The molecule has 7 heteroatoms. The van der Waals surface area contributed by atoms with Crippen LogP contribution in [0.25, 0.3) is 21.4 Å². The third-order valence-electron chi connectivity index (χ3n) is 5.12. The van der Waals surface area contributed by atoms with Crippen molar-refractivity contribution in [1.29, 1.82) is 0 Å². The van der Waals surface area contributed by atoms with Crippen LogP contribution in [0.4, 0.5) is 4.39 Å². The van der Waals surface area contributed by atoms with Gasteiger partial charge in [0.05, 0.1) is 18.9 Å². The molecule has 0 saturated carbocycles. The number of hydrogen-bond donors (Lipinski definition) is 1. The highest BCUT2D eigenvalue weighted by Gasteiger charge is 2.18. The van der Waals surface area contributed by atoms with Gasteiger partial charge < -0.3 is 19.0 Å². The van der Waals surface area contributed by atoms with Crippen molar-refractivity contribution in [2.75, 3.05) is 14.2 Å². The zero-order valence-corrected chi connectivity index (χ0v) is 17.9. The molecule has 2 aromatic carbocycles. The van der Waals surface area contributed by atoms with Crippen molar-refractivity contribution in [3.8, 4) is 22.8 Å². The summed E-state index contributed by atoms with van der Waals surface area (Å²) >= 11 is 1.31. The second-order valence-electron chi connectivity index (χ2n) is 7.02. The summed E-state index contributed by atoms with van der Waals surface area (Å²) in [5, 5.41) is 13.1. The normalized spacial score (nSPS) is 12.1. The highest BCUT2D eigenvalue weighted by molar-refractivity contribution is 7.17. The summed E-state index contributed by atoms with van der Waals surface area (Å²) in [5.41, 5.74) is 1.26. The minimum atomic E-state index is -0.931. The number of hydrogen-bond acceptors (Lipinski definition) is 6. The van der Waals surface area contributed by atoms with Gasteiger partial charge in [-0.05, 0) is 42.8 Å². The molecule has 31 heavy (non-hydrogen) atoms. The Morgan fingerprint density at radius 1 is 1.13 bits per heavy atom. The number of ketones is 1. The maximum absolute atomic E-state index is 13.9. The molecule has 2 aromatic heterocycles. The summed E-state index contributed by atoms with van der Waals surface area (Å²) in [7, 11) is 3.04. The SMILES string of the molecule is COc1ccc(C(=O)CCC(O)c2ccc(-c3csc4c(F)cccc34)o2)cc1OC. The number of methoxy groups -OCH3 is 2. The Bertz CT molecular complexity index is 1230. The average molecular weight is 440 g/mol. The minimum Gasteiger partial charge on any atom is -0.493 e. The number of fused-ring (bicyclic) bond motifs is 1. The van der Waals surface area contributed by atoms with Gasteiger partial charge in [-0.3, -0.25) is 4.79 Å². The molecular formula is C24H21FO5S. The van der Waals surface area contributed by atoms with Crippen LogP contribution in [0.15, 0.2) is 58.3 Å². The molecule has 5 nitrogen and oxygen atoms in total. The highest BCUT2D eigenvalue weighted by atomic mass is 32.1. The summed E-state index contributed by atoms with van der Waals surface area (Å²) in [4.78, 5) is 12.5. The number of halogens is 1. The zero-order chi connectivity index (χ0) is 22.0. The van der Waals surface area contributed by atoms with Gasteiger partial charge in [0.1, 0.15) is 23.4 Å². The number of Topliss-reactive ketones (excluding diaryl/α,β-unsaturated/α-hetero) is 1. The number of rotatable bonds is 8. The van der Waals surface area contributed by atoms with E-state index in [0.29, 0.717) is 33.3 Å². The summed E-state index contributed by atoms with van der Waals surface area (Å²) < 4.78 is 30.8. The van der Waals surface area contributed by atoms with Gasteiger partial charge in [-0.2, -0.15) is 0 Å². The predicted molar refractivity (Wildman–Crippen MR) is 118 cm³/mol. The molecule has 0 radical (unpaired) electrons. The molecule has 0 aliphatic rings. The number of carbonyl (C=O) groups excluding carboxylic acids is 1. The summed E-state index contributed by atoms with van der Waals surface area (Å²) in [5.74, 6) is 1.55. The van der Waals surface area contributed by atoms with E-state index in [-0.39, 0.29) is 24.4 Å². The van der Waals surface area contributed by atoms with Crippen LogP contribution in [0.2, 0.25) is 0 Å². The van der Waals surface area contributed by atoms with Crippen molar-refractivity contribution in [1.82, 2.24) is 0 Å². The van der Waals surface area contributed by atoms with E-state index in [9.17, 15) is 14.3 Å². The van der Waals surface area contributed by atoms with Crippen molar-refractivity contribution in [2.24, 2.45) is 0 Å². The average Bonchev–Trinajstić information content (AvgIpc) is 3.44. The number of thiophene rings is 1. The van der Waals surface area contributed by atoms with Crippen LogP contribution in [0.3, 0.4) is 0 Å². The standard InChI is InChI=1S/C24H21FO5S/c1-28-22-9-6-14(12-23(22)29-2)18(26)7-8-19(27)21-11-10-20(30-21)16-13-31-24-15(16)4-3-5-17(24)25/h3-6,9-13,19,27H,7-8H2,1-2H3. The van der Waals surface area contributed by atoms with Crippen molar-refractivity contribution >= 4 is 27.2 Å². The topological polar surface area (TPSA) is 68.9 Å². The number of furan rings is 1. The molecule has 160 valence electrons. The van der Waals surface area contributed by atoms with E-state index in [1.54, 1.807) is 36.4 Å². The van der Waals surface area contributed by atoms with Gasteiger partial charge in [-0.15, -0.1) is 11.3 Å². The number of aliphatic hydroxyl groups is 1. The summed E-state index contributed by atoms with van der Waals surface area (Å²) in [6.07, 6.45) is -0.585. The lowest BCUT2D eigenvalue weighted by atomic mass is 10.0. The number of aliphatic hydroxyl groups excluding tert-OH is 1. The number of ether oxygens (including phenoxy) is 2. The molecule has 0 spiro atoms. The summed E-state index contributed by atoms with van der Waals surface area (Å²) in [6.45, 7) is 0. The van der Waals surface area contributed by atoms with Crippen molar-refractivity contribution < 1.29 is 28.2 Å². The molecule has 4 rings (SSSR count). The largest absolute Gasteiger partial charge is 0.493 e. The van der Waals surface area contributed by atoms with Crippen LogP contribution in [0.1, 0.15) is 35.1 Å². The fourth-order valence-electron chi connectivity index (χ4n) is 3.45. The fraction of sp³-hybridized carbons (Fsp3) is 0.208. The zero-order valence-electron chi connectivity index (χ0n) is 17.1. The maximum Gasteiger partial charge on any atom is 0.163 e. The molecule has 1 unspecified atom stereocenters. The van der Waals surface area contributed by atoms with Crippen LogP contribution in [0.5, 0.6) is 11.5 Å². The van der Waals surface area contributed by atoms with Crippen LogP contribution in [-0.2, 0) is 0 Å². The Morgan fingerprint density at radius 2 is 1.94 bits per heavy atom. The second-order valence-corrected chi connectivity index (χ2v) is 7.89. The van der Waals surface area contributed by atoms with Gasteiger partial charge in [0, 0.05) is 28.3 Å². The summed E-state index contributed by atoms with van der Waals surface area (Å²) in [6, 6.07) is 13.3. The van der Waals surface area contributed by atoms with E-state index < -0.39 is 6.10 Å². The Morgan fingerprint density at radius 3 is 2.71 bits per heavy atom. The van der Waals surface area contributed by atoms with Crippen LogP contribution in [0, 0.1) is 5.82 Å². The first-order chi connectivity index (χ1) is 15.0. The third-order valence-corrected chi connectivity index (χ3v) is 6.13. The molecule has 4 aromatic rings. The Labute approximate surface area is 182 Å². The Hall–Kier alpha value is -3.16. The molecule has 0 fully saturated rings. The van der Waals surface area contributed by atoms with E-state index in [2.05, 4.69) is 0 Å². The minimum absolute atomic E-state index is 0.119. The van der Waals surface area contributed by atoms with Crippen molar-refractivity contribution in [3.63, 3.8) is 0 Å². The van der Waals surface area contributed by atoms with Gasteiger partial charge in [-0.25, -0.2) is 4.39 Å². The number of carbonyl (C=O) groups is 1. The Balaban J connectivity index is 1.45. The second kappa shape index (κ2) is 8.91. The van der Waals surface area contributed by atoms with E-state index in [1.807, 2.05) is 11.4 Å². The molecule has 2 heterocycles. The molecule has 0 aliphatic carbocycles. The molecule has 0 bridgehead atoms. The fourth-order valence-corrected chi connectivity index (χ4v) is 4.42. The third kappa shape index (κ3) is 4.19. The van der Waals surface area contributed by atoms with Gasteiger partial charge in [-0.1, -0.05) is 12.1 Å². The lowest BCUT2D eigenvalue weighted by molar-refractivity contribution is 0.0921. The first-order valence-corrected chi connectivity index (χ1v) is 10.6. The molecule has 1 N–H and O–H groups in total. The van der Waals surface area contributed by atoms with E-state index >= 15 is 0 Å². The van der Waals surface area contributed by atoms with Gasteiger partial charge >= 0.3 is 0 Å². The van der Waals surface area contributed by atoms with Crippen LogP contribution in [-0.4, -0.2) is 25.1 Å². The first kappa shape index (κ1) is 21.1. The molecule has 0 saturated heterocycles. The lowest BCUT2D eigenvalue weighted by Gasteiger charge is -2.10. The van der Waals surface area contributed by atoms with Gasteiger partial charge in [0.25, 0.3) is 0 Å². The Kier molecular flexibility index (Phi) is 6.06. The molecular weight excluding hydrogens is 419 g/mol. The highest BCUT2D eigenvalue weighted by Crippen LogP contribution is 2.37. The van der Waals surface area contributed by atoms with E-state index in [1.165, 1.54) is 31.6 Å². The molecule has 0 amide bonds. The van der Waals surface area contributed by atoms with Crippen LogP contribution < -0.4 is 9.47 Å². The predicted octanol–water partition coefficient (Wildman–Crippen LogP) is 6.01. The quantitative estimate of drug-likeness (QED) is 0.340. The van der Waals surface area contributed by atoms with E-state index in [4.69, 9.17) is 13.9 Å². The van der Waals surface area contributed by atoms with Crippen molar-refractivity contribution in [2.45, 2.75) is 18.9 Å². The maximum atomic E-state index is 13.9. The van der Waals surface area contributed by atoms with Crippen LogP contribution >= 0.6 is 11.3 Å². The van der Waals surface area contributed by atoms with E-state index in [0.717, 1.165) is 10.9 Å². The lowest BCUT2D eigenvalue weighted by Crippen LogP contribution is -2.04. The first-order valence-electron chi connectivity index (χ1n) is 9.71. The number of benzene rings is 2. The van der Waals surface area contributed by atoms with Gasteiger partial charge in [0.2, 0.25) is 0 Å². The monoisotopic (exact) mass is 440 g/mol. The smallest absolute Gasteiger partial charge is 0.163 e.